The molecule has 0 saturated carbocycles. The van der Waals surface area contributed by atoms with E-state index in [0.29, 0.717) is 11.7 Å². The molecule has 12 heavy (non-hydrogen) atoms. The molecular weight excluding hydrogens is 154 g/mol. The molecule has 0 aromatic carbocycles. The van der Waals surface area contributed by atoms with Gasteiger partial charge in [0.15, 0.2) is 5.82 Å². The molecule has 0 bridgehead atoms. The van der Waals surface area contributed by atoms with Crippen LogP contribution in [0, 0.1) is 0 Å². The van der Waals surface area contributed by atoms with Crippen molar-refractivity contribution in [3.63, 3.8) is 0 Å². The van der Waals surface area contributed by atoms with Crippen molar-refractivity contribution in [3.05, 3.63) is 11.7 Å². The number of nitrogens with zero attached hydrogens (tertiary/aromatic N) is 2. The topological polar surface area (TPSA) is 64.9 Å². The Bertz CT molecular complexity index is 260. The standard InChI is InChI=1S/C8H15N3O/c1-5(9)6-10-7(11-12-6)8(2,3)4/h5H,9H2,1-4H3. The van der Waals surface area contributed by atoms with Crippen LogP contribution in [0.2, 0.25) is 0 Å². The van der Waals surface area contributed by atoms with Crippen LogP contribution in [0.25, 0.3) is 0 Å². The van der Waals surface area contributed by atoms with E-state index in [4.69, 9.17) is 10.3 Å². The van der Waals surface area contributed by atoms with Crippen LogP contribution in [0.1, 0.15) is 45.5 Å². The van der Waals surface area contributed by atoms with Gasteiger partial charge in [-0.3, -0.25) is 0 Å². The lowest BCUT2D eigenvalue weighted by atomic mass is 9.96. The minimum atomic E-state index is -0.186. The first-order chi connectivity index (χ1) is 5.41. The van der Waals surface area contributed by atoms with E-state index in [1.807, 2.05) is 27.7 Å². The van der Waals surface area contributed by atoms with Gasteiger partial charge in [0.1, 0.15) is 0 Å². The Morgan fingerprint density at radius 1 is 1.42 bits per heavy atom. The zero-order valence-electron chi connectivity index (χ0n) is 7.96. The van der Waals surface area contributed by atoms with E-state index < -0.39 is 0 Å². The lowest BCUT2D eigenvalue weighted by molar-refractivity contribution is 0.349. The second kappa shape index (κ2) is 2.86. The summed E-state index contributed by atoms with van der Waals surface area (Å²) in [6, 6.07) is -0.186. The molecule has 0 amide bonds. The first kappa shape index (κ1) is 9.19. The lowest BCUT2D eigenvalue weighted by Gasteiger charge is -2.10. The number of hydrogen-bond donors (Lipinski definition) is 1. The predicted molar refractivity (Wildman–Crippen MR) is 45.6 cm³/mol. The summed E-state index contributed by atoms with van der Waals surface area (Å²) in [7, 11) is 0. The average Bonchev–Trinajstić information content (AvgIpc) is 2.30. The van der Waals surface area contributed by atoms with Gasteiger partial charge in [-0.15, -0.1) is 0 Å². The Morgan fingerprint density at radius 3 is 2.25 bits per heavy atom. The highest BCUT2D eigenvalue weighted by atomic mass is 16.5. The van der Waals surface area contributed by atoms with Crippen LogP contribution in [0.5, 0.6) is 0 Å². The number of aromatic nitrogens is 2. The fourth-order valence-corrected chi connectivity index (χ4v) is 0.725. The molecule has 1 heterocycles. The first-order valence-corrected chi connectivity index (χ1v) is 4.01. The van der Waals surface area contributed by atoms with Crippen LogP contribution in [0.4, 0.5) is 0 Å². The van der Waals surface area contributed by atoms with Crippen molar-refractivity contribution in [3.8, 4) is 0 Å². The molecule has 4 nitrogen and oxygen atoms in total. The van der Waals surface area contributed by atoms with Gasteiger partial charge in [0.2, 0.25) is 5.89 Å². The van der Waals surface area contributed by atoms with Gasteiger partial charge >= 0.3 is 0 Å². The van der Waals surface area contributed by atoms with Gasteiger partial charge in [-0.1, -0.05) is 25.9 Å². The first-order valence-electron chi connectivity index (χ1n) is 4.01. The van der Waals surface area contributed by atoms with Gasteiger partial charge in [-0.2, -0.15) is 4.98 Å². The molecule has 2 N–H and O–H groups in total. The predicted octanol–water partition coefficient (Wildman–Crippen LogP) is 1.39. The van der Waals surface area contributed by atoms with E-state index in [2.05, 4.69) is 10.1 Å². The van der Waals surface area contributed by atoms with Crippen molar-refractivity contribution in [2.45, 2.75) is 39.2 Å². The van der Waals surface area contributed by atoms with E-state index in [9.17, 15) is 0 Å². The summed E-state index contributed by atoms with van der Waals surface area (Å²) in [5.41, 5.74) is 5.50. The summed E-state index contributed by atoms with van der Waals surface area (Å²) in [6.45, 7) is 7.91. The van der Waals surface area contributed by atoms with E-state index in [1.165, 1.54) is 0 Å². The van der Waals surface area contributed by atoms with Gasteiger partial charge in [0.05, 0.1) is 6.04 Å². The van der Waals surface area contributed by atoms with E-state index >= 15 is 0 Å². The maximum Gasteiger partial charge on any atom is 0.243 e. The third-order valence-corrected chi connectivity index (χ3v) is 1.50. The third kappa shape index (κ3) is 1.82. The molecule has 0 aliphatic rings. The van der Waals surface area contributed by atoms with E-state index in [-0.39, 0.29) is 11.5 Å². The molecule has 1 aromatic rings. The summed E-state index contributed by atoms with van der Waals surface area (Å²) >= 11 is 0. The van der Waals surface area contributed by atoms with Crippen molar-refractivity contribution in [2.24, 2.45) is 5.73 Å². The zero-order chi connectivity index (χ0) is 9.35. The minimum Gasteiger partial charge on any atom is -0.338 e. The Hall–Kier alpha value is -0.900. The Kier molecular flexibility index (Phi) is 2.19. The second-order valence-corrected chi connectivity index (χ2v) is 3.99. The van der Waals surface area contributed by atoms with Gasteiger partial charge in [-0.05, 0) is 6.92 Å². The Morgan fingerprint density at radius 2 is 2.00 bits per heavy atom. The summed E-state index contributed by atoms with van der Waals surface area (Å²) in [5.74, 6) is 1.20. The van der Waals surface area contributed by atoms with E-state index in [0.717, 1.165) is 0 Å². The highest BCUT2D eigenvalue weighted by Crippen LogP contribution is 2.19. The van der Waals surface area contributed by atoms with Crippen molar-refractivity contribution in [1.82, 2.24) is 10.1 Å². The van der Waals surface area contributed by atoms with Crippen LogP contribution in [-0.2, 0) is 5.41 Å². The van der Waals surface area contributed by atoms with Gasteiger partial charge in [0.25, 0.3) is 0 Å². The van der Waals surface area contributed by atoms with Gasteiger partial charge in [-0.25, -0.2) is 0 Å². The maximum atomic E-state index is 5.57. The highest BCUT2D eigenvalue weighted by Gasteiger charge is 2.21. The Labute approximate surface area is 72.1 Å². The largest absolute Gasteiger partial charge is 0.338 e. The van der Waals surface area contributed by atoms with Crippen LogP contribution in [-0.4, -0.2) is 10.1 Å². The van der Waals surface area contributed by atoms with Crippen LogP contribution < -0.4 is 5.73 Å². The SMILES string of the molecule is CC(N)c1nc(C(C)(C)C)no1. The third-order valence-electron chi connectivity index (χ3n) is 1.50. The molecule has 68 valence electrons. The van der Waals surface area contributed by atoms with Crippen molar-refractivity contribution < 1.29 is 4.52 Å². The molecule has 1 rings (SSSR count). The normalized spacial score (nSPS) is 14.8. The van der Waals surface area contributed by atoms with Crippen molar-refractivity contribution in [2.75, 3.05) is 0 Å². The molecule has 1 unspecified atom stereocenters. The monoisotopic (exact) mass is 169 g/mol. The number of rotatable bonds is 1. The maximum absolute atomic E-state index is 5.57. The summed E-state index contributed by atoms with van der Waals surface area (Å²) in [6.07, 6.45) is 0. The molecule has 0 radical (unpaired) electrons. The fourth-order valence-electron chi connectivity index (χ4n) is 0.725. The minimum absolute atomic E-state index is 0.0728. The smallest absolute Gasteiger partial charge is 0.243 e. The van der Waals surface area contributed by atoms with Crippen molar-refractivity contribution >= 4 is 0 Å². The number of hydrogen-bond acceptors (Lipinski definition) is 4. The fraction of sp³-hybridized carbons (Fsp3) is 0.750. The molecular formula is C8H15N3O. The molecule has 0 aliphatic heterocycles. The summed E-state index contributed by atoms with van der Waals surface area (Å²) in [5, 5.41) is 3.84. The van der Waals surface area contributed by atoms with Gasteiger partial charge in [0, 0.05) is 5.41 Å². The quantitative estimate of drug-likeness (QED) is 0.689. The zero-order valence-corrected chi connectivity index (χ0v) is 7.96. The Balaban J connectivity index is 2.92. The molecule has 0 fully saturated rings. The highest BCUT2D eigenvalue weighted by molar-refractivity contribution is 5.01. The molecule has 0 saturated heterocycles. The van der Waals surface area contributed by atoms with Crippen LogP contribution in [0.3, 0.4) is 0 Å². The molecule has 0 spiro atoms. The molecule has 0 aliphatic carbocycles. The van der Waals surface area contributed by atoms with Gasteiger partial charge < -0.3 is 10.3 Å². The average molecular weight is 169 g/mol. The summed E-state index contributed by atoms with van der Waals surface area (Å²) in [4.78, 5) is 4.18. The summed E-state index contributed by atoms with van der Waals surface area (Å²) < 4.78 is 4.97. The molecule has 1 atom stereocenters. The molecule has 1 aromatic heterocycles. The molecule has 4 heteroatoms. The van der Waals surface area contributed by atoms with Crippen molar-refractivity contribution in [1.29, 1.82) is 0 Å². The van der Waals surface area contributed by atoms with E-state index in [1.54, 1.807) is 0 Å². The second-order valence-electron chi connectivity index (χ2n) is 3.99. The van der Waals surface area contributed by atoms with Crippen LogP contribution >= 0.6 is 0 Å². The van der Waals surface area contributed by atoms with Crippen LogP contribution in [0.15, 0.2) is 4.52 Å². The lowest BCUT2D eigenvalue weighted by Crippen LogP contribution is -2.14. The number of nitrogens with two attached hydrogens (primary N) is 1.